The molecule has 0 spiro atoms. The Hall–Kier alpha value is -1.97. The van der Waals surface area contributed by atoms with Gasteiger partial charge in [0.25, 0.3) is 0 Å². The van der Waals surface area contributed by atoms with Crippen molar-refractivity contribution in [2.75, 3.05) is 6.61 Å². The zero-order valence-electron chi connectivity index (χ0n) is 9.70. The van der Waals surface area contributed by atoms with Crippen LogP contribution < -0.4 is 0 Å². The summed E-state index contributed by atoms with van der Waals surface area (Å²) in [6.07, 6.45) is 1.20. The van der Waals surface area contributed by atoms with Crippen LogP contribution in [0.3, 0.4) is 0 Å². The minimum Gasteiger partial charge on any atom is -0.462 e. The van der Waals surface area contributed by atoms with Crippen LogP contribution in [-0.2, 0) is 14.3 Å². The number of Topliss-reactive ketones (excluding diaryl/α,β-unsaturated/α-hetero) is 1. The Morgan fingerprint density at radius 1 is 1.35 bits per heavy atom. The first-order valence-corrected chi connectivity index (χ1v) is 5.20. The van der Waals surface area contributed by atoms with Crippen LogP contribution >= 0.6 is 0 Å². The molecule has 3 nitrogen and oxygen atoms in total. The molecule has 0 heterocycles. The van der Waals surface area contributed by atoms with Crippen molar-refractivity contribution in [1.29, 1.82) is 0 Å². The topological polar surface area (TPSA) is 43.4 Å². The molecule has 17 heavy (non-hydrogen) atoms. The highest BCUT2D eigenvalue weighted by molar-refractivity contribution is 6.19. The Labute approximate surface area is 98.9 Å². The van der Waals surface area contributed by atoms with Gasteiger partial charge in [-0.05, 0) is 26.0 Å². The van der Waals surface area contributed by atoms with Gasteiger partial charge in [-0.15, -0.1) is 0 Å². The summed E-state index contributed by atoms with van der Waals surface area (Å²) in [6, 6.07) is 5.90. The monoisotopic (exact) mass is 236 g/mol. The second kappa shape index (κ2) is 5.94. The van der Waals surface area contributed by atoms with E-state index in [0.29, 0.717) is 0 Å². The van der Waals surface area contributed by atoms with Gasteiger partial charge in [-0.1, -0.05) is 18.2 Å². The van der Waals surface area contributed by atoms with Crippen molar-refractivity contribution in [2.24, 2.45) is 0 Å². The molecule has 0 saturated carbocycles. The maximum Gasteiger partial charge on any atom is 0.341 e. The molecule has 0 aliphatic heterocycles. The van der Waals surface area contributed by atoms with E-state index in [9.17, 15) is 14.0 Å². The van der Waals surface area contributed by atoms with Gasteiger partial charge in [-0.3, -0.25) is 4.79 Å². The zero-order valence-corrected chi connectivity index (χ0v) is 9.70. The molecule has 0 aliphatic carbocycles. The van der Waals surface area contributed by atoms with Crippen molar-refractivity contribution in [2.45, 2.75) is 13.8 Å². The second-order valence-electron chi connectivity index (χ2n) is 3.36. The average Bonchev–Trinajstić information content (AvgIpc) is 2.27. The van der Waals surface area contributed by atoms with Crippen LogP contribution in [0.4, 0.5) is 4.39 Å². The summed E-state index contributed by atoms with van der Waals surface area (Å²) in [5.41, 5.74) is 0.0303. The van der Waals surface area contributed by atoms with Gasteiger partial charge in [-0.25, -0.2) is 9.18 Å². The third-order valence-corrected chi connectivity index (χ3v) is 2.08. The van der Waals surface area contributed by atoms with E-state index < -0.39 is 17.6 Å². The second-order valence-corrected chi connectivity index (χ2v) is 3.36. The van der Waals surface area contributed by atoms with Gasteiger partial charge in [0.05, 0.1) is 6.61 Å². The lowest BCUT2D eigenvalue weighted by molar-refractivity contribution is -0.139. The Morgan fingerprint density at radius 3 is 2.53 bits per heavy atom. The molecule has 0 unspecified atom stereocenters. The van der Waals surface area contributed by atoms with Crippen LogP contribution in [0, 0.1) is 5.82 Å². The Morgan fingerprint density at radius 2 is 2.00 bits per heavy atom. The predicted octanol–water partition coefficient (Wildman–Crippen LogP) is 2.36. The lowest BCUT2D eigenvalue weighted by atomic mass is 10.1. The highest BCUT2D eigenvalue weighted by Gasteiger charge is 2.16. The molecule has 0 atom stereocenters. The van der Waals surface area contributed by atoms with Crippen LogP contribution in [0.2, 0.25) is 0 Å². The Bertz CT molecular complexity index is 463. The van der Waals surface area contributed by atoms with Crippen molar-refractivity contribution >= 4 is 17.8 Å². The lowest BCUT2D eigenvalue weighted by Crippen LogP contribution is -2.13. The van der Waals surface area contributed by atoms with E-state index in [-0.39, 0.29) is 17.7 Å². The molecule has 0 bridgehead atoms. The molecule has 0 fully saturated rings. The molecule has 1 aromatic carbocycles. The van der Waals surface area contributed by atoms with Gasteiger partial charge in [0.15, 0.2) is 5.78 Å². The molecule has 0 saturated heterocycles. The third-order valence-electron chi connectivity index (χ3n) is 2.08. The fourth-order valence-corrected chi connectivity index (χ4v) is 1.26. The number of esters is 1. The number of carbonyl (C=O) groups excluding carboxylic acids is 2. The van der Waals surface area contributed by atoms with Crippen LogP contribution in [0.25, 0.3) is 6.08 Å². The van der Waals surface area contributed by atoms with E-state index in [0.717, 1.165) is 0 Å². The third kappa shape index (κ3) is 3.52. The van der Waals surface area contributed by atoms with Crippen molar-refractivity contribution in [1.82, 2.24) is 0 Å². The summed E-state index contributed by atoms with van der Waals surface area (Å²) in [6.45, 7) is 3.04. The largest absolute Gasteiger partial charge is 0.462 e. The highest BCUT2D eigenvalue weighted by atomic mass is 19.1. The fraction of sp³-hybridized carbons (Fsp3) is 0.231. The lowest BCUT2D eigenvalue weighted by Gasteiger charge is -2.04. The van der Waals surface area contributed by atoms with Crippen molar-refractivity contribution in [3.05, 3.63) is 41.2 Å². The molecule has 1 aromatic rings. The quantitative estimate of drug-likeness (QED) is 0.349. The Kier molecular flexibility index (Phi) is 4.57. The molecule has 0 radical (unpaired) electrons. The normalized spacial score (nSPS) is 11.1. The number of carbonyl (C=O) groups is 2. The number of ether oxygens (including phenoxy) is 1. The number of ketones is 1. The van der Waals surface area contributed by atoms with E-state index in [2.05, 4.69) is 0 Å². The SMILES string of the molecule is CCOC(=O)/C(=C/c1ccccc1F)C(C)=O. The summed E-state index contributed by atoms with van der Waals surface area (Å²) in [5, 5.41) is 0. The molecule has 0 aromatic heterocycles. The molecule has 90 valence electrons. The van der Waals surface area contributed by atoms with Crippen molar-refractivity contribution in [3.8, 4) is 0 Å². The zero-order chi connectivity index (χ0) is 12.8. The molecule has 0 amide bonds. The molecular formula is C13H13FO3. The number of benzene rings is 1. The number of hydrogen-bond donors (Lipinski definition) is 0. The maximum absolute atomic E-state index is 13.4. The molecular weight excluding hydrogens is 223 g/mol. The highest BCUT2D eigenvalue weighted by Crippen LogP contribution is 2.13. The van der Waals surface area contributed by atoms with E-state index in [1.165, 1.54) is 31.2 Å². The molecule has 0 aliphatic rings. The fourth-order valence-electron chi connectivity index (χ4n) is 1.26. The molecule has 4 heteroatoms. The van der Waals surface area contributed by atoms with E-state index >= 15 is 0 Å². The predicted molar refractivity (Wildman–Crippen MR) is 61.7 cm³/mol. The summed E-state index contributed by atoms with van der Waals surface area (Å²) < 4.78 is 18.1. The number of rotatable bonds is 4. The van der Waals surface area contributed by atoms with E-state index in [1.807, 2.05) is 0 Å². The number of hydrogen-bond acceptors (Lipinski definition) is 3. The Balaban J connectivity index is 3.11. The first-order valence-electron chi connectivity index (χ1n) is 5.20. The maximum atomic E-state index is 13.4. The summed E-state index contributed by atoms with van der Waals surface area (Å²) >= 11 is 0. The van der Waals surface area contributed by atoms with Crippen LogP contribution in [0.1, 0.15) is 19.4 Å². The van der Waals surface area contributed by atoms with Gasteiger partial charge in [0.1, 0.15) is 11.4 Å². The van der Waals surface area contributed by atoms with Gasteiger partial charge in [0.2, 0.25) is 0 Å². The first-order chi connectivity index (χ1) is 8.06. The summed E-state index contributed by atoms with van der Waals surface area (Å²) in [5.74, 6) is -1.68. The van der Waals surface area contributed by atoms with Gasteiger partial charge in [-0.2, -0.15) is 0 Å². The van der Waals surface area contributed by atoms with E-state index in [1.54, 1.807) is 13.0 Å². The van der Waals surface area contributed by atoms with E-state index in [4.69, 9.17) is 4.74 Å². The van der Waals surface area contributed by atoms with Crippen LogP contribution in [0.5, 0.6) is 0 Å². The van der Waals surface area contributed by atoms with Gasteiger partial charge >= 0.3 is 5.97 Å². The minimum absolute atomic E-state index is 0.156. The minimum atomic E-state index is -0.733. The molecule has 1 rings (SSSR count). The smallest absolute Gasteiger partial charge is 0.341 e. The molecule has 0 N–H and O–H groups in total. The summed E-state index contributed by atoms with van der Waals surface area (Å²) in [7, 11) is 0. The van der Waals surface area contributed by atoms with Crippen molar-refractivity contribution < 1.29 is 18.7 Å². The van der Waals surface area contributed by atoms with Crippen LogP contribution in [0.15, 0.2) is 29.8 Å². The average molecular weight is 236 g/mol. The number of halogens is 1. The summed E-state index contributed by atoms with van der Waals surface area (Å²) in [4.78, 5) is 22.8. The van der Waals surface area contributed by atoms with Crippen LogP contribution in [-0.4, -0.2) is 18.4 Å². The van der Waals surface area contributed by atoms with Gasteiger partial charge < -0.3 is 4.74 Å². The van der Waals surface area contributed by atoms with Gasteiger partial charge in [0, 0.05) is 5.56 Å². The first kappa shape index (κ1) is 13.1. The standard InChI is InChI=1S/C13H13FO3/c1-3-17-13(16)11(9(2)15)8-10-6-4-5-7-12(10)14/h4-8H,3H2,1-2H3/b11-8+. The van der Waals surface area contributed by atoms with Crippen molar-refractivity contribution in [3.63, 3.8) is 0 Å².